The summed E-state index contributed by atoms with van der Waals surface area (Å²) in [5.41, 5.74) is -1.30. The van der Waals surface area contributed by atoms with Crippen LogP contribution in [0.3, 0.4) is 0 Å². The molecule has 0 atom stereocenters. The van der Waals surface area contributed by atoms with Crippen LogP contribution >= 0.6 is 0 Å². The van der Waals surface area contributed by atoms with Crippen LogP contribution in [-0.4, -0.2) is 28.5 Å². The maximum Gasteiger partial charge on any atom is 0.416 e. The smallest absolute Gasteiger partial charge is 0.416 e. The van der Waals surface area contributed by atoms with E-state index < -0.39 is 29.1 Å². The topological polar surface area (TPSA) is 94.0 Å². The molecule has 0 spiro atoms. The Morgan fingerprint density at radius 2 is 1.71 bits per heavy atom. The van der Waals surface area contributed by atoms with E-state index in [2.05, 4.69) is 4.99 Å². The normalized spacial score (nSPS) is 12.0. The van der Waals surface area contributed by atoms with Crippen molar-refractivity contribution in [2.45, 2.75) is 13.1 Å². The molecule has 0 aliphatic heterocycles. The minimum absolute atomic E-state index is 0.0534. The second-order valence-corrected chi connectivity index (χ2v) is 8.23. The average Bonchev–Trinajstić information content (AvgIpc) is 3.27. The highest BCUT2D eigenvalue weighted by molar-refractivity contribution is 6.07. The van der Waals surface area contributed by atoms with Crippen LogP contribution in [-0.2, 0) is 10.9 Å². The van der Waals surface area contributed by atoms with Crippen LogP contribution in [0.15, 0.2) is 87.0 Å². The first kappa shape index (κ1) is 24.8. The average molecular weight is 520 g/mol. The first-order valence-electron chi connectivity index (χ1n) is 11.5. The Morgan fingerprint density at radius 3 is 2.42 bits per heavy atom. The lowest BCUT2D eigenvalue weighted by molar-refractivity contribution is -0.137. The van der Waals surface area contributed by atoms with E-state index in [9.17, 15) is 27.9 Å². The first-order valence-corrected chi connectivity index (χ1v) is 11.5. The number of nitrogens with zero attached hydrogens (tertiary/aromatic N) is 2. The minimum atomic E-state index is -4.65. The van der Waals surface area contributed by atoms with E-state index in [0.717, 1.165) is 22.8 Å². The summed E-state index contributed by atoms with van der Waals surface area (Å²) >= 11 is 0. The van der Waals surface area contributed by atoms with Crippen molar-refractivity contribution in [1.82, 2.24) is 4.57 Å². The molecule has 0 bridgehead atoms. The summed E-state index contributed by atoms with van der Waals surface area (Å²) in [5.74, 6) is -1.51. The fourth-order valence-electron chi connectivity index (χ4n) is 4.17. The first-order chi connectivity index (χ1) is 18.2. The van der Waals surface area contributed by atoms with Gasteiger partial charge in [-0.05, 0) is 43.3 Å². The Hall–Kier alpha value is -4.86. The van der Waals surface area contributed by atoms with Crippen LogP contribution in [0.4, 0.5) is 18.9 Å². The highest BCUT2D eigenvalue weighted by Gasteiger charge is 2.31. The van der Waals surface area contributed by atoms with E-state index in [-0.39, 0.29) is 34.7 Å². The number of fused-ring (bicyclic) bond motifs is 2. The number of pyridine rings is 1. The predicted octanol–water partition coefficient (Wildman–Crippen LogP) is 6.39. The van der Waals surface area contributed by atoms with Gasteiger partial charge in [0.25, 0.3) is 5.56 Å². The largest absolute Gasteiger partial charge is 0.494 e. The van der Waals surface area contributed by atoms with Crippen molar-refractivity contribution in [2.24, 2.45) is 4.99 Å². The Morgan fingerprint density at radius 1 is 1.03 bits per heavy atom. The van der Waals surface area contributed by atoms with Gasteiger partial charge in [0.1, 0.15) is 11.3 Å². The standard InChI is InChI=1S/C28H19F3N2O5/c1-2-37-27(36)24-23(20-12-5-6-13-22(20)38-24)32-15-21-18-10-3-4-11-19(18)25(34)33(26(21)35)17-9-7-8-16(14-17)28(29,30)31/h3-15,35H,2H2,1H3. The number of para-hydroxylation sites is 1. The number of hydrogen-bond donors (Lipinski definition) is 1. The summed E-state index contributed by atoms with van der Waals surface area (Å²) in [4.78, 5) is 30.3. The van der Waals surface area contributed by atoms with Crippen molar-refractivity contribution in [3.63, 3.8) is 0 Å². The SMILES string of the molecule is CCOC(=O)c1oc2ccccc2c1N=Cc1c(O)n(-c2cccc(C(F)(F)F)c2)c(=O)c2ccccc12. The molecule has 0 amide bonds. The number of esters is 1. The number of aliphatic imine (C=N–C) groups is 1. The Balaban J connectivity index is 1.75. The number of ether oxygens (including phenoxy) is 1. The summed E-state index contributed by atoms with van der Waals surface area (Å²) in [5, 5.41) is 12.2. The summed E-state index contributed by atoms with van der Waals surface area (Å²) in [6.45, 7) is 1.75. The molecule has 1 N–H and O–H groups in total. The van der Waals surface area contributed by atoms with E-state index in [1.165, 1.54) is 18.3 Å². The van der Waals surface area contributed by atoms with Crippen molar-refractivity contribution in [3.8, 4) is 11.6 Å². The molecule has 0 unspecified atom stereocenters. The maximum absolute atomic E-state index is 13.4. The number of benzene rings is 3. The second kappa shape index (κ2) is 9.55. The number of halogens is 3. The number of carbonyl (C=O) groups is 1. The molecule has 2 aromatic heterocycles. The number of aromatic nitrogens is 1. The van der Waals surface area contributed by atoms with E-state index in [1.807, 2.05) is 0 Å². The van der Waals surface area contributed by atoms with Crippen molar-refractivity contribution in [3.05, 3.63) is 100 Å². The fourth-order valence-corrected chi connectivity index (χ4v) is 4.17. The van der Waals surface area contributed by atoms with Gasteiger partial charge in [-0.25, -0.2) is 9.36 Å². The van der Waals surface area contributed by atoms with Gasteiger partial charge in [0.15, 0.2) is 0 Å². The molecule has 3 aromatic carbocycles. The molecular formula is C28H19F3N2O5. The number of carbonyl (C=O) groups excluding carboxylic acids is 1. The molecule has 38 heavy (non-hydrogen) atoms. The van der Waals surface area contributed by atoms with Gasteiger partial charge >= 0.3 is 12.1 Å². The molecule has 5 rings (SSSR count). The van der Waals surface area contributed by atoms with Crippen LogP contribution in [0.25, 0.3) is 27.4 Å². The van der Waals surface area contributed by atoms with Crippen LogP contribution < -0.4 is 5.56 Å². The third kappa shape index (κ3) is 4.30. The zero-order valence-electron chi connectivity index (χ0n) is 19.8. The molecule has 0 radical (unpaired) electrons. The fraction of sp³-hybridized carbons (Fsp3) is 0.107. The number of hydrogen-bond acceptors (Lipinski definition) is 6. The number of alkyl halides is 3. The molecule has 192 valence electrons. The van der Waals surface area contributed by atoms with Gasteiger partial charge in [-0.1, -0.05) is 36.4 Å². The minimum Gasteiger partial charge on any atom is -0.494 e. The summed E-state index contributed by atoms with van der Waals surface area (Å²) in [6, 6.07) is 17.2. The lowest BCUT2D eigenvalue weighted by Crippen LogP contribution is -2.20. The third-order valence-corrected chi connectivity index (χ3v) is 5.89. The van der Waals surface area contributed by atoms with Crippen molar-refractivity contribution in [1.29, 1.82) is 0 Å². The van der Waals surface area contributed by atoms with E-state index >= 15 is 0 Å². The lowest BCUT2D eigenvalue weighted by atomic mass is 10.1. The molecule has 7 nitrogen and oxygen atoms in total. The van der Waals surface area contributed by atoms with Crippen LogP contribution in [0, 0.1) is 0 Å². The quantitative estimate of drug-likeness (QED) is 0.214. The van der Waals surface area contributed by atoms with Gasteiger partial charge in [0.05, 0.1) is 23.4 Å². The Kier molecular flexibility index (Phi) is 6.23. The number of aromatic hydroxyl groups is 1. The van der Waals surface area contributed by atoms with Crippen LogP contribution in [0.1, 0.15) is 28.6 Å². The molecule has 0 aliphatic carbocycles. The van der Waals surface area contributed by atoms with Crippen molar-refractivity contribution in [2.75, 3.05) is 6.61 Å². The van der Waals surface area contributed by atoms with Crippen LogP contribution in [0.5, 0.6) is 5.88 Å². The summed E-state index contributed by atoms with van der Waals surface area (Å²) < 4.78 is 51.6. The monoisotopic (exact) mass is 520 g/mol. The lowest BCUT2D eigenvalue weighted by Gasteiger charge is -2.15. The third-order valence-electron chi connectivity index (χ3n) is 5.89. The highest BCUT2D eigenvalue weighted by Crippen LogP contribution is 2.35. The molecule has 0 aliphatic rings. The van der Waals surface area contributed by atoms with Crippen molar-refractivity contribution >= 4 is 39.6 Å². The number of furan rings is 1. The number of rotatable bonds is 5. The second-order valence-electron chi connectivity index (χ2n) is 8.23. The zero-order valence-corrected chi connectivity index (χ0v) is 19.8. The molecule has 5 aromatic rings. The predicted molar refractivity (Wildman–Crippen MR) is 136 cm³/mol. The Labute approximate surface area is 213 Å². The van der Waals surface area contributed by atoms with Gasteiger partial charge in [-0.15, -0.1) is 0 Å². The molecular weight excluding hydrogens is 501 g/mol. The van der Waals surface area contributed by atoms with Gasteiger partial charge in [0.2, 0.25) is 11.6 Å². The Bertz CT molecular complexity index is 1780. The van der Waals surface area contributed by atoms with Gasteiger partial charge in [-0.2, -0.15) is 13.2 Å². The van der Waals surface area contributed by atoms with Crippen LogP contribution in [0.2, 0.25) is 0 Å². The molecule has 10 heteroatoms. The molecule has 0 saturated heterocycles. The summed E-state index contributed by atoms with van der Waals surface area (Å²) in [6.07, 6.45) is -3.41. The van der Waals surface area contributed by atoms with E-state index in [4.69, 9.17) is 9.15 Å². The molecule has 0 fully saturated rings. The van der Waals surface area contributed by atoms with E-state index in [1.54, 1.807) is 49.4 Å². The maximum atomic E-state index is 13.4. The van der Waals surface area contributed by atoms with Crippen molar-refractivity contribution < 1.29 is 32.2 Å². The summed E-state index contributed by atoms with van der Waals surface area (Å²) in [7, 11) is 0. The van der Waals surface area contributed by atoms with Gasteiger partial charge in [-0.3, -0.25) is 9.79 Å². The van der Waals surface area contributed by atoms with Gasteiger partial charge < -0.3 is 14.3 Å². The highest BCUT2D eigenvalue weighted by atomic mass is 19.4. The van der Waals surface area contributed by atoms with Gasteiger partial charge in [0, 0.05) is 22.4 Å². The van der Waals surface area contributed by atoms with E-state index in [0.29, 0.717) is 16.4 Å². The zero-order chi connectivity index (χ0) is 27.0. The molecule has 2 heterocycles. The molecule has 0 saturated carbocycles.